The van der Waals surface area contributed by atoms with Crippen molar-refractivity contribution in [1.82, 2.24) is 0 Å². The van der Waals surface area contributed by atoms with Crippen molar-refractivity contribution in [3.05, 3.63) is 120 Å². The Morgan fingerprint density at radius 3 is 2.06 bits per heavy atom. The van der Waals surface area contributed by atoms with E-state index in [4.69, 9.17) is 4.42 Å². The molecule has 1 nitrogen and oxygen atoms in total. The average molecular weight is 413 g/mol. The average Bonchev–Trinajstić information content (AvgIpc) is 3.16. The van der Waals surface area contributed by atoms with Gasteiger partial charge in [0.15, 0.2) is 0 Å². The summed E-state index contributed by atoms with van der Waals surface area (Å²) in [6.45, 7) is 4.35. The van der Waals surface area contributed by atoms with Crippen LogP contribution in [0, 0.1) is 13.8 Å². The fourth-order valence-corrected chi connectivity index (χ4v) is 5.08. The Kier molecular flexibility index (Phi) is 4.36. The van der Waals surface area contributed by atoms with Crippen LogP contribution in [0.1, 0.15) is 22.5 Å². The van der Waals surface area contributed by atoms with Gasteiger partial charge in [0.1, 0.15) is 11.5 Å². The zero-order valence-electron chi connectivity index (χ0n) is 18.4. The molecule has 6 rings (SSSR count). The Morgan fingerprint density at radius 2 is 1.28 bits per heavy atom. The third-order valence-electron chi connectivity index (χ3n) is 6.69. The van der Waals surface area contributed by atoms with Crippen molar-refractivity contribution in [3.8, 4) is 22.5 Å². The summed E-state index contributed by atoms with van der Waals surface area (Å²) in [4.78, 5) is 0. The molecule has 4 aromatic carbocycles. The molecule has 0 aromatic heterocycles. The summed E-state index contributed by atoms with van der Waals surface area (Å²) >= 11 is 0. The fraction of sp³-hybridized carbons (Fsp3) is 0.0968. The van der Waals surface area contributed by atoms with Gasteiger partial charge in [0.05, 0.1) is 0 Å². The van der Waals surface area contributed by atoms with E-state index >= 15 is 0 Å². The van der Waals surface area contributed by atoms with Gasteiger partial charge in [0.25, 0.3) is 0 Å². The Labute approximate surface area is 188 Å². The molecule has 0 fully saturated rings. The highest BCUT2D eigenvalue weighted by atomic mass is 16.3. The van der Waals surface area contributed by atoms with Gasteiger partial charge in [-0.05, 0) is 63.7 Å². The van der Waals surface area contributed by atoms with E-state index in [2.05, 4.69) is 111 Å². The van der Waals surface area contributed by atoms with E-state index in [9.17, 15) is 0 Å². The number of benzene rings is 4. The first-order valence-corrected chi connectivity index (χ1v) is 11.2. The summed E-state index contributed by atoms with van der Waals surface area (Å²) < 4.78 is 6.63. The summed E-state index contributed by atoms with van der Waals surface area (Å²) in [6.07, 6.45) is 0.878. The normalized spacial score (nSPS) is 11.6. The van der Waals surface area contributed by atoms with E-state index in [1.165, 1.54) is 54.9 Å². The molecule has 1 aliphatic heterocycles. The lowest BCUT2D eigenvalue weighted by atomic mass is 9.94. The number of hydrogen-bond donors (Lipinski definition) is 0. The fourth-order valence-electron chi connectivity index (χ4n) is 5.08. The van der Waals surface area contributed by atoms with Crippen LogP contribution in [0.25, 0.3) is 44.0 Å². The van der Waals surface area contributed by atoms with Crippen molar-refractivity contribution >= 4 is 21.5 Å². The van der Waals surface area contributed by atoms with Crippen LogP contribution in [-0.4, -0.2) is 0 Å². The monoisotopic (exact) mass is 412 g/mol. The molecule has 0 atom stereocenters. The minimum absolute atomic E-state index is 0.878. The standard InChI is InChI=1S/C31H24O/c1-20-28(18-22-10-4-3-5-11-22)21(2)32-31-29(20)26-14-8-9-15-27(26)30(31)25-17-16-23-12-6-7-13-24(23)19-25/h3-17,19H,18H2,1-2H3. The topological polar surface area (TPSA) is 13.1 Å². The molecule has 0 saturated carbocycles. The Balaban J connectivity index is 1.63. The molecule has 0 spiro atoms. The molecular formula is C31H24O. The highest BCUT2D eigenvalue weighted by Gasteiger charge is 2.26. The lowest BCUT2D eigenvalue weighted by Gasteiger charge is -2.16. The summed E-state index contributed by atoms with van der Waals surface area (Å²) in [6, 6.07) is 34.6. The minimum atomic E-state index is 0.878. The molecule has 1 heterocycles. The summed E-state index contributed by atoms with van der Waals surface area (Å²) in [5, 5.41) is 5.02. The van der Waals surface area contributed by atoms with Crippen molar-refractivity contribution in [3.63, 3.8) is 0 Å². The third kappa shape index (κ3) is 2.93. The molecule has 154 valence electrons. The smallest absolute Gasteiger partial charge is 0.143 e. The van der Waals surface area contributed by atoms with Crippen LogP contribution >= 0.6 is 0 Å². The van der Waals surface area contributed by atoms with Crippen molar-refractivity contribution < 1.29 is 4.42 Å². The number of rotatable bonds is 3. The van der Waals surface area contributed by atoms with Gasteiger partial charge in [-0.2, -0.15) is 0 Å². The van der Waals surface area contributed by atoms with Crippen molar-refractivity contribution in [2.75, 3.05) is 0 Å². The van der Waals surface area contributed by atoms with E-state index in [-0.39, 0.29) is 0 Å². The van der Waals surface area contributed by atoms with Crippen LogP contribution in [0.2, 0.25) is 0 Å². The molecule has 0 amide bonds. The van der Waals surface area contributed by atoms with Gasteiger partial charge >= 0.3 is 0 Å². The van der Waals surface area contributed by atoms with Gasteiger partial charge in [-0.3, -0.25) is 0 Å². The highest BCUT2D eigenvalue weighted by molar-refractivity contribution is 6.14. The Bertz CT molecular complexity index is 1550. The van der Waals surface area contributed by atoms with Gasteiger partial charge in [-0.1, -0.05) is 91.0 Å². The van der Waals surface area contributed by atoms with Gasteiger partial charge in [-0.25, -0.2) is 0 Å². The van der Waals surface area contributed by atoms with Crippen molar-refractivity contribution in [1.29, 1.82) is 0 Å². The van der Waals surface area contributed by atoms with Crippen LogP contribution < -0.4 is 0 Å². The second kappa shape index (κ2) is 7.39. The lowest BCUT2D eigenvalue weighted by molar-refractivity contribution is 0.524. The maximum atomic E-state index is 6.63. The predicted molar refractivity (Wildman–Crippen MR) is 134 cm³/mol. The molecule has 0 bridgehead atoms. The van der Waals surface area contributed by atoms with Crippen LogP contribution in [0.3, 0.4) is 0 Å². The first-order chi connectivity index (χ1) is 15.7. The van der Waals surface area contributed by atoms with E-state index in [0.29, 0.717) is 0 Å². The first-order valence-electron chi connectivity index (χ1n) is 11.2. The lowest BCUT2D eigenvalue weighted by Crippen LogP contribution is -1.99. The highest BCUT2D eigenvalue weighted by Crippen LogP contribution is 2.48. The third-order valence-corrected chi connectivity index (χ3v) is 6.69. The van der Waals surface area contributed by atoms with Gasteiger partial charge < -0.3 is 4.42 Å². The second-order valence-corrected chi connectivity index (χ2v) is 8.61. The van der Waals surface area contributed by atoms with E-state index in [1.807, 2.05) is 0 Å². The number of aryl methyl sites for hydroxylation is 1. The molecule has 1 heteroatoms. The molecule has 32 heavy (non-hydrogen) atoms. The molecule has 0 radical (unpaired) electrons. The Morgan fingerprint density at radius 1 is 0.625 bits per heavy atom. The molecule has 0 N–H and O–H groups in total. The quantitative estimate of drug-likeness (QED) is 0.284. The summed E-state index contributed by atoms with van der Waals surface area (Å²) in [5.74, 6) is 1.99. The van der Waals surface area contributed by atoms with Crippen molar-refractivity contribution in [2.45, 2.75) is 20.3 Å². The Hall–Kier alpha value is -3.84. The largest absolute Gasteiger partial charge is 0.460 e. The zero-order valence-corrected chi connectivity index (χ0v) is 18.4. The van der Waals surface area contributed by atoms with Crippen LogP contribution in [0.4, 0.5) is 0 Å². The molecular weight excluding hydrogens is 388 g/mol. The predicted octanol–water partition coefficient (Wildman–Crippen LogP) is 8.57. The van der Waals surface area contributed by atoms with Crippen molar-refractivity contribution in [2.24, 2.45) is 0 Å². The second-order valence-electron chi connectivity index (χ2n) is 8.61. The van der Waals surface area contributed by atoms with Gasteiger partial charge in [0, 0.05) is 17.5 Å². The number of fused-ring (bicyclic) bond motifs is 4. The molecule has 4 aromatic rings. The molecule has 2 aliphatic rings. The molecule has 0 unspecified atom stereocenters. The van der Waals surface area contributed by atoms with Crippen LogP contribution in [0.5, 0.6) is 0 Å². The van der Waals surface area contributed by atoms with Gasteiger partial charge in [-0.15, -0.1) is 0 Å². The van der Waals surface area contributed by atoms with E-state index in [1.54, 1.807) is 0 Å². The van der Waals surface area contributed by atoms with Crippen LogP contribution in [0.15, 0.2) is 101 Å². The molecule has 0 saturated heterocycles. The zero-order chi connectivity index (χ0) is 21.7. The minimum Gasteiger partial charge on any atom is -0.460 e. The maximum absolute atomic E-state index is 6.63. The van der Waals surface area contributed by atoms with Gasteiger partial charge in [0.2, 0.25) is 0 Å². The summed E-state index contributed by atoms with van der Waals surface area (Å²) in [5.41, 5.74) is 7.53. The van der Waals surface area contributed by atoms with E-state index in [0.717, 1.165) is 17.9 Å². The molecule has 1 aliphatic carbocycles. The SMILES string of the molecule is Cc1oc2c(-c3ccc4ccccc4c3)c3ccccc3c-2c(C)c1Cc1ccccc1. The van der Waals surface area contributed by atoms with E-state index < -0.39 is 0 Å². The first kappa shape index (κ1) is 18.9. The van der Waals surface area contributed by atoms with Crippen LogP contribution in [-0.2, 0) is 6.42 Å². The number of hydrogen-bond acceptors (Lipinski definition) is 1. The maximum Gasteiger partial charge on any atom is 0.143 e. The summed E-state index contributed by atoms with van der Waals surface area (Å²) in [7, 11) is 0.